The van der Waals surface area contributed by atoms with Gasteiger partial charge in [-0.05, 0) is 19.3 Å². The Kier molecular flexibility index (Phi) is 6.23. The van der Waals surface area contributed by atoms with Crippen LogP contribution in [0.15, 0.2) is 0 Å². The molecular weight excluding hydrogens is 216 g/mol. The molecular formula is C14H24O3. The summed E-state index contributed by atoms with van der Waals surface area (Å²) in [7, 11) is 0. The number of hydrogen-bond donors (Lipinski definition) is 0. The van der Waals surface area contributed by atoms with Crippen molar-refractivity contribution in [3.05, 3.63) is 0 Å². The molecule has 0 N–H and O–H groups in total. The summed E-state index contributed by atoms with van der Waals surface area (Å²) in [6, 6.07) is 0. The standard InChI is InChI=1S/C14H24O3/c1-3-5-6-8-11-12(15)9-7-10-13(11)17-14(16)4-2/h11,13H,3-10H2,1-2H3. The molecule has 3 heteroatoms. The predicted octanol–water partition coefficient (Wildman–Crippen LogP) is 3.26. The molecule has 0 saturated heterocycles. The van der Waals surface area contributed by atoms with Gasteiger partial charge in [0.1, 0.15) is 11.9 Å². The molecule has 0 amide bonds. The second-order valence-corrected chi connectivity index (χ2v) is 4.84. The van der Waals surface area contributed by atoms with Gasteiger partial charge in [-0.25, -0.2) is 0 Å². The van der Waals surface area contributed by atoms with Gasteiger partial charge in [0, 0.05) is 12.8 Å². The molecule has 0 aromatic rings. The molecule has 1 aliphatic carbocycles. The first-order valence-corrected chi connectivity index (χ1v) is 6.91. The number of hydrogen-bond acceptors (Lipinski definition) is 3. The van der Waals surface area contributed by atoms with Gasteiger partial charge in [0.2, 0.25) is 0 Å². The van der Waals surface area contributed by atoms with Crippen molar-refractivity contribution < 1.29 is 14.3 Å². The zero-order valence-electron chi connectivity index (χ0n) is 11.0. The van der Waals surface area contributed by atoms with Crippen LogP contribution in [0, 0.1) is 5.92 Å². The van der Waals surface area contributed by atoms with Crippen LogP contribution in [0.4, 0.5) is 0 Å². The van der Waals surface area contributed by atoms with Crippen molar-refractivity contribution in [1.29, 1.82) is 0 Å². The Labute approximate surface area is 104 Å². The zero-order chi connectivity index (χ0) is 12.7. The topological polar surface area (TPSA) is 43.4 Å². The van der Waals surface area contributed by atoms with Gasteiger partial charge in [-0.1, -0.05) is 33.1 Å². The third kappa shape index (κ3) is 4.49. The minimum atomic E-state index is -0.176. The zero-order valence-corrected chi connectivity index (χ0v) is 11.0. The largest absolute Gasteiger partial charge is 0.462 e. The number of carbonyl (C=O) groups is 2. The summed E-state index contributed by atoms with van der Waals surface area (Å²) in [6.07, 6.45) is 6.88. The first-order chi connectivity index (χ1) is 8.19. The van der Waals surface area contributed by atoms with Crippen LogP contribution in [0.5, 0.6) is 0 Å². The Morgan fingerprint density at radius 1 is 1.35 bits per heavy atom. The maximum Gasteiger partial charge on any atom is 0.305 e. The highest BCUT2D eigenvalue weighted by Gasteiger charge is 2.33. The van der Waals surface area contributed by atoms with Gasteiger partial charge in [-0.2, -0.15) is 0 Å². The van der Waals surface area contributed by atoms with Gasteiger partial charge in [0.05, 0.1) is 5.92 Å². The van der Waals surface area contributed by atoms with Crippen molar-refractivity contribution in [1.82, 2.24) is 0 Å². The maximum atomic E-state index is 11.9. The molecule has 1 fully saturated rings. The van der Waals surface area contributed by atoms with Crippen LogP contribution in [0.2, 0.25) is 0 Å². The van der Waals surface area contributed by atoms with E-state index in [4.69, 9.17) is 4.74 Å². The van der Waals surface area contributed by atoms with Crippen LogP contribution < -0.4 is 0 Å². The Morgan fingerprint density at radius 3 is 2.76 bits per heavy atom. The molecule has 0 aromatic heterocycles. The van der Waals surface area contributed by atoms with Gasteiger partial charge in [0.15, 0.2) is 0 Å². The van der Waals surface area contributed by atoms with E-state index >= 15 is 0 Å². The van der Waals surface area contributed by atoms with E-state index in [0.29, 0.717) is 18.6 Å². The molecule has 0 bridgehead atoms. The first-order valence-electron chi connectivity index (χ1n) is 6.91. The number of ether oxygens (including phenoxy) is 1. The number of rotatable bonds is 6. The predicted molar refractivity (Wildman–Crippen MR) is 66.7 cm³/mol. The fourth-order valence-electron chi connectivity index (χ4n) is 2.43. The molecule has 0 spiro atoms. The number of esters is 1. The van der Waals surface area contributed by atoms with E-state index in [2.05, 4.69) is 6.92 Å². The van der Waals surface area contributed by atoms with E-state index in [9.17, 15) is 9.59 Å². The lowest BCUT2D eigenvalue weighted by Gasteiger charge is -2.30. The molecule has 3 nitrogen and oxygen atoms in total. The van der Waals surface area contributed by atoms with E-state index in [1.165, 1.54) is 0 Å². The molecule has 0 aliphatic heterocycles. The van der Waals surface area contributed by atoms with Gasteiger partial charge >= 0.3 is 5.97 Å². The number of ketones is 1. The van der Waals surface area contributed by atoms with Crippen molar-refractivity contribution in [3.8, 4) is 0 Å². The lowest BCUT2D eigenvalue weighted by atomic mass is 9.82. The van der Waals surface area contributed by atoms with Gasteiger partial charge < -0.3 is 4.74 Å². The molecule has 1 saturated carbocycles. The van der Waals surface area contributed by atoms with Crippen molar-refractivity contribution in [2.45, 2.75) is 71.3 Å². The lowest BCUT2D eigenvalue weighted by Crippen LogP contribution is -2.36. The molecule has 1 aliphatic rings. The summed E-state index contributed by atoms with van der Waals surface area (Å²) in [5.74, 6) is 0.0808. The van der Waals surface area contributed by atoms with E-state index in [1.807, 2.05) is 0 Å². The SMILES string of the molecule is CCCCCC1C(=O)CCCC1OC(=O)CC. The minimum absolute atomic E-state index is 0.0363. The molecule has 0 heterocycles. The van der Waals surface area contributed by atoms with Crippen LogP contribution in [-0.4, -0.2) is 17.9 Å². The fraction of sp³-hybridized carbons (Fsp3) is 0.857. The molecule has 2 unspecified atom stereocenters. The average molecular weight is 240 g/mol. The summed E-state index contributed by atoms with van der Waals surface area (Å²) in [5.41, 5.74) is 0. The van der Waals surface area contributed by atoms with Crippen molar-refractivity contribution in [3.63, 3.8) is 0 Å². The molecule has 2 atom stereocenters. The summed E-state index contributed by atoms with van der Waals surface area (Å²) in [6.45, 7) is 3.94. The van der Waals surface area contributed by atoms with E-state index in [-0.39, 0.29) is 18.0 Å². The third-order valence-corrected chi connectivity index (χ3v) is 3.46. The van der Waals surface area contributed by atoms with E-state index < -0.39 is 0 Å². The highest BCUT2D eigenvalue weighted by atomic mass is 16.5. The fourth-order valence-corrected chi connectivity index (χ4v) is 2.43. The summed E-state index contributed by atoms with van der Waals surface area (Å²) in [4.78, 5) is 23.2. The third-order valence-electron chi connectivity index (χ3n) is 3.46. The van der Waals surface area contributed by atoms with E-state index in [0.717, 1.165) is 38.5 Å². The number of Topliss-reactive ketones (excluding diaryl/α,β-unsaturated/α-hetero) is 1. The Morgan fingerprint density at radius 2 is 2.12 bits per heavy atom. The van der Waals surface area contributed by atoms with Gasteiger partial charge in [0.25, 0.3) is 0 Å². The Hall–Kier alpha value is -0.860. The molecule has 0 aromatic carbocycles. The Balaban J connectivity index is 2.51. The van der Waals surface area contributed by atoms with Crippen LogP contribution in [0.3, 0.4) is 0 Å². The normalized spacial score (nSPS) is 24.7. The number of carbonyl (C=O) groups excluding carboxylic acids is 2. The van der Waals surface area contributed by atoms with Crippen LogP contribution in [-0.2, 0) is 14.3 Å². The van der Waals surface area contributed by atoms with Gasteiger partial charge in [-0.15, -0.1) is 0 Å². The monoisotopic (exact) mass is 240 g/mol. The summed E-state index contributed by atoms with van der Waals surface area (Å²) >= 11 is 0. The molecule has 98 valence electrons. The highest BCUT2D eigenvalue weighted by molar-refractivity contribution is 5.82. The van der Waals surface area contributed by atoms with Crippen LogP contribution >= 0.6 is 0 Å². The Bertz CT molecular complexity index is 260. The maximum absolute atomic E-state index is 11.9. The van der Waals surface area contributed by atoms with Crippen LogP contribution in [0.1, 0.15) is 65.2 Å². The molecule has 0 radical (unpaired) electrons. The van der Waals surface area contributed by atoms with Crippen molar-refractivity contribution >= 4 is 11.8 Å². The highest BCUT2D eigenvalue weighted by Crippen LogP contribution is 2.28. The van der Waals surface area contributed by atoms with Crippen LogP contribution in [0.25, 0.3) is 0 Å². The van der Waals surface area contributed by atoms with E-state index in [1.54, 1.807) is 6.92 Å². The molecule has 1 rings (SSSR count). The minimum Gasteiger partial charge on any atom is -0.462 e. The van der Waals surface area contributed by atoms with Gasteiger partial charge in [-0.3, -0.25) is 9.59 Å². The quantitative estimate of drug-likeness (QED) is 0.528. The molecule has 17 heavy (non-hydrogen) atoms. The first kappa shape index (κ1) is 14.2. The van der Waals surface area contributed by atoms with Crippen molar-refractivity contribution in [2.24, 2.45) is 5.92 Å². The smallest absolute Gasteiger partial charge is 0.305 e. The lowest BCUT2D eigenvalue weighted by molar-refractivity contribution is -0.156. The summed E-state index contributed by atoms with van der Waals surface area (Å²) in [5, 5.41) is 0. The number of unbranched alkanes of at least 4 members (excludes halogenated alkanes) is 2. The second kappa shape index (κ2) is 7.46. The average Bonchev–Trinajstić information content (AvgIpc) is 2.32. The second-order valence-electron chi connectivity index (χ2n) is 4.84. The summed E-state index contributed by atoms with van der Waals surface area (Å²) < 4.78 is 5.39. The van der Waals surface area contributed by atoms with Crippen molar-refractivity contribution in [2.75, 3.05) is 0 Å².